The summed E-state index contributed by atoms with van der Waals surface area (Å²) in [5.41, 5.74) is 7.21. The highest BCUT2D eigenvalue weighted by atomic mass is 19.1. The number of halogens is 1. The second-order valence-electron chi connectivity index (χ2n) is 4.45. The lowest BCUT2D eigenvalue weighted by atomic mass is 9.97. The van der Waals surface area contributed by atoms with Gasteiger partial charge in [-0.15, -0.1) is 0 Å². The van der Waals surface area contributed by atoms with E-state index >= 15 is 0 Å². The molecule has 0 radical (unpaired) electrons. The molecule has 0 saturated heterocycles. The molecule has 4 nitrogen and oxygen atoms in total. The molecule has 2 aromatic carbocycles. The van der Waals surface area contributed by atoms with Crippen molar-refractivity contribution in [3.63, 3.8) is 0 Å². The van der Waals surface area contributed by atoms with Gasteiger partial charge >= 0.3 is 0 Å². The molecule has 112 valence electrons. The van der Waals surface area contributed by atoms with Gasteiger partial charge in [-0.3, -0.25) is 0 Å². The minimum Gasteiger partial charge on any atom is -0.497 e. The summed E-state index contributed by atoms with van der Waals surface area (Å²) in [5.74, 6) is 1.08. The molecular weight excluding hydrogens is 273 g/mol. The second kappa shape index (κ2) is 6.45. The van der Waals surface area contributed by atoms with E-state index in [4.69, 9.17) is 19.9 Å². The Morgan fingerprint density at radius 3 is 2.29 bits per heavy atom. The van der Waals surface area contributed by atoms with Gasteiger partial charge in [-0.2, -0.15) is 0 Å². The molecule has 2 aromatic rings. The first-order chi connectivity index (χ1) is 10.1. The summed E-state index contributed by atoms with van der Waals surface area (Å²) in [6.45, 7) is 0. The van der Waals surface area contributed by atoms with Crippen LogP contribution in [0.3, 0.4) is 0 Å². The van der Waals surface area contributed by atoms with Crippen molar-refractivity contribution in [3.05, 3.63) is 53.3 Å². The number of hydrogen-bond acceptors (Lipinski definition) is 4. The quantitative estimate of drug-likeness (QED) is 0.920. The Labute approximate surface area is 123 Å². The van der Waals surface area contributed by atoms with Gasteiger partial charge in [0.05, 0.1) is 27.4 Å². The number of methoxy groups -OCH3 is 3. The molecule has 2 N–H and O–H groups in total. The molecule has 0 saturated carbocycles. The summed E-state index contributed by atoms with van der Waals surface area (Å²) >= 11 is 0. The van der Waals surface area contributed by atoms with Gasteiger partial charge < -0.3 is 19.9 Å². The van der Waals surface area contributed by atoms with E-state index in [9.17, 15) is 4.39 Å². The van der Waals surface area contributed by atoms with Crippen LogP contribution < -0.4 is 19.9 Å². The Morgan fingerprint density at radius 2 is 1.71 bits per heavy atom. The number of hydrogen-bond donors (Lipinski definition) is 1. The van der Waals surface area contributed by atoms with Crippen molar-refractivity contribution in [2.24, 2.45) is 5.73 Å². The molecule has 0 aromatic heterocycles. The molecular formula is C16H18FNO3. The second-order valence-corrected chi connectivity index (χ2v) is 4.45. The van der Waals surface area contributed by atoms with Crippen LogP contribution in [0.2, 0.25) is 0 Å². The third-order valence-electron chi connectivity index (χ3n) is 3.31. The van der Waals surface area contributed by atoms with Gasteiger partial charge in [0.2, 0.25) is 0 Å². The smallest absolute Gasteiger partial charge is 0.165 e. The normalized spacial score (nSPS) is 11.9. The number of para-hydroxylation sites is 1. The van der Waals surface area contributed by atoms with E-state index in [1.54, 1.807) is 37.4 Å². The molecule has 1 unspecified atom stereocenters. The van der Waals surface area contributed by atoms with Crippen LogP contribution in [0.25, 0.3) is 0 Å². The van der Waals surface area contributed by atoms with Crippen LogP contribution >= 0.6 is 0 Å². The fraction of sp³-hybridized carbons (Fsp3) is 0.250. The molecule has 0 aliphatic heterocycles. The van der Waals surface area contributed by atoms with Crippen molar-refractivity contribution >= 4 is 0 Å². The van der Waals surface area contributed by atoms with E-state index in [0.29, 0.717) is 28.4 Å². The molecule has 0 aliphatic rings. The maximum absolute atomic E-state index is 14.2. The summed E-state index contributed by atoms with van der Waals surface area (Å²) < 4.78 is 29.7. The van der Waals surface area contributed by atoms with Crippen LogP contribution in [0.4, 0.5) is 4.39 Å². The molecule has 21 heavy (non-hydrogen) atoms. The van der Waals surface area contributed by atoms with Crippen molar-refractivity contribution in [3.8, 4) is 17.2 Å². The Kier molecular flexibility index (Phi) is 4.65. The Hall–Kier alpha value is -2.27. The average Bonchev–Trinajstić information content (AvgIpc) is 2.53. The number of nitrogens with two attached hydrogens (primary N) is 1. The third-order valence-corrected chi connectivity index (χ3v) is 3.31. The lowest BCUT2D eigenvalue weighted by Gasteiger charge is -2.19. The third kappa shape index (κ3) is 2.92. The number of benzene rings is 2. The first kappa shape index (κ1) is 15.1. The zero-order valence-corrected chi connectivity index (χ0v) is 12.2. The van der Waals surface area contributed by atoms with E-state index in [1.165, 1.54) is 20.3 Å². The predicted molar refractivity (Wildman–Crippen MR) is 78.5 cm³/mol. The predicted octanol–water partition coefficient (Wildman–Crippen LogP) is 2.90. The highest BCUT2D eigenvalue weighted by Crippen LogP contribution is 2.37. The molecule has 2 rings (SSSR count). The minimum atomic E-state index is -0.666. The Morgan fingerprint density at radius 1 is 0.952 bits per heavy atom. The first-order valence-electron chi connectivity index (χ1n) is 6.42. The van der Waals surface area contributed by atoms with E-state index in [0.717, 1.165) is 0 Å². The summed E-state index contributed by atoms with van der Waals surface area (Å²) in [6.07, 6.45) is 0. The fourth-order valence-electron chi connectivity index (χ4n) is 2.21. The Bertz CT molecular complexity index is 631. The standard InChI is InChI=1S/C16H18FNO3/c1-19-10-7-8-11(13(17)9-10)15(18)12-5-4-6-14(20-2)16(12)21-3/h4-9,15H,18H2,1-3H3. The van der Waals surface area contributed by atoms with Crippen molar-refractivity contribution < 1.29 is 18.6 Å². The van der Waals surface area contributed by atoms with Gasteiger partial charge in [-0.25, -0.2) is 4.39 Å². The largest absolute Gasteiger partial charge is 0.497 e. The minimum absolute atomic E-state index is 0.363. The van der Waals surface area contributed by atoms with Crippen molar-refractivity contribution in [1.82, 2.24) is 0 Å². The van der Waals surface area contributed by atoms with E-state index in [2.05, 4.69) is 0 Å². The SMILES string of the molecule is COc1ccc(C(N)c2cccc(OC)c2OC)c(F)c1. The monoisotopic (exact) mass is 291 g/mol. The molecule has 0 amide bonds. The van der Waals surface area contributed by atoms with Gasteiger partial charge in [0.1, 0.15) is 11.6 Å². The zero-order chi connectivity index (χ0) is 15.4. The lowest BCUT2D eigenvalue weighted by Crippen LogP contribution is -2.15. The van der Waals surface area contributed by atoms with Crippen LogP contribution in [0.1, 0.15) is 17.2 Å². The number of rotatable bonds is 5. The summed E-state index contributed by atoms with van der Waals surface area (Å²) in [4.78, 5) is 0. The molecule has 1 atom stereocenters. The molecule has 0 heterocycles. The maximum atomic E-state index is 14.2. The van der Waals surface area contributed by atoms with Crippen LogP contribution in [0.15, 0.2) is 36.4 Å². The van der Waals surface area contributed by atoms with Gasteiger partial charge in [0.25, 0.3) is 0 Å². The molecule has 0 spiro atoms. The maximum Gasteiger partial charge on any atom is 0.165 e. The highest BCUT2D eigenvalue weighted by Gasteiger charge is 2.20. The van der Waals surface area contributed by atoms with Gasteiger partial charge in [0, 0.05) is 17.2 Å². The van der Waals surface area contributed by atoms with E-state index < -0.39 is 11.9 Å². The summed E-state index contributed by atoms with van der Waals surface area (Å²) in [7, 11) is 4.55. The van der Waals surface area contributed by atoms with Crippen LogP contribution in [0, 0.1) is 5.82 Å². The summed E-state index contributed by atoms with van der Waals surface area (Å²) in [5, 5.41) is 0. The van der Waals surface area contributed by atoms with Crippen molar-refractivity contribution in [2.75, 3.05) is 21.3 Å². The fourth-order valence-corrected chi connectivity index (χ4v) is 2.21. The molecule has 5 heteroatoms. The molecule has 0 fully saturated rings. The van der Waals surface area contributed by atoms with Gasteiger partial charge in [0.15, 0.2) is 11.5 Å². The van der Waals surface area contributed by atoms with Crippen LogP contribution in [-0.2, 0) is 0 Å². The van der Waals surface area contributed by atoms with E-state index in [1.807, 2.05) is 0 Å². The lowest BCUT2D eigenvalue weighted by molar-refractivity contribution is 0.350. The summed E-state index contributed by atoms with van der Waals surface area (Å²) in [6, 6.07) is 9.26. The first-order valence-corrected chi connectivity index (χ1v) is 6.42. The van der Waals surface area contributed by atoms with E-state index in [-0.39, 0.29) is 0 Å². The topological polar surface area (TPSA) is 53.7 Å². The molecule has 0 aliphatic carbocycles. The van der Waals surface area contributed by atoms with Crippen LogP contribution in [0.5, 0.6) is 17.2 Å². The number of ether oxygens (including phenoxy) is 3. The highest BCUT2D eigenvalue weighted by molar-refractivity contribution is 5.51. The van der Waals surface area contributed by atoms with Gasteiger partial charge in [-0.05, 0) is 12.1 Å². The zero-order valence-electron chi connectivity index (χ0n) is 12.2. The Balaban J connectivity index is 2.47. The van der Waals surface area contributed by atoms with Gasteiger partial charge in [-0.1, -0.05) is 18.2 Å². The average molecular weight is 291 g/mol. The molecule has 0 bridgehead atoms. The van der Waals surface area contributed by atoms with Crippen molar-refractivity contribution in [1.29, 1.82) is 0 Å². The van der Waals surface area contributed by atoms with Crippen molar-refractivity contribution in [2.45, 2.75) is 6.04 Å². The van der Waals surface area contributed by atoms with Crippen LogP contribution in [-0.4, -0.2) is 21.3 Å².